The van der Waals surface area contributed by atoms with Crippen molar-refractivity contribution in [1.29, 1.82) is 0 Å². The zero-order valence-electron chi connectivity index (χ0n) is 11.0. The fourth-order valence-corrected chi connectivity index (χ4v) is 3.71. The quantitative estimate of drug-likeness (QED) is 0.657. The molecule has 1 amide bonds. The van der Waals surface area contributed by atoms with Crippen LogP contribution < -0.4 is 10.6 Å². The minimum absolute atomic E-state index is 0.145. The third-order valence-electron chi connectivity index (χ3n) is 4.36. The molecule has 0 radical (unpaired) electrons. The van der Waals surface area contributed by atoms with Crippen molar-refractivity contribution in [3.8, 4) is 0 Å². The van der Waals surface area contributed by atoms with E-state index in [9.17, 15) is 4.79 Å². The predicted molar refractivity (Wildman–Crippen MR) is 67.0 cm³/mol. The molecule has 1 saturated carbocycles. The highest BCUT2D eigenvalue weighted by atomic mass is 16.4. The smallest absolute Gasteiger partial charge is 0.404 e. The SMILES string of the molecule is CC(C)(C)C1NC[C@H]2[C@@H]1CCC[C@H]2NC(=O)O. The van der Waals surface area contributed by atoms with Crippen LogP contribution in [0.3, 0.4) is 0 Å². The summed E-state index contributed by atoms with van der Waals surface area (Å²) in [7, 11) is 0. The number of fused-ring (bicyclic) bond motifs is 1. The Labute approximate surface area is 103 Å². The number of carbonyl (C=O) groups is 1. The third kappa shape index (κ3) is 2.57. The Balaban J connectivity index is 2.08. The lowest BCUT2D eigenvalue weighted by molar-refractivity contribution is 0.142. The lowest BCUT2D eigenvalue weighted by Gasteiger charge is -2.39. The topological polar surface area (TPSA) is 61.4 Å². The highest BCUT2D eigenvalue weighted by Crippen LogP contribution is 2.42. The van der Waals surface area contributed by atoms with Crippen LogP contribution in [0.1, 0.15) is 40.0 Å². The zero-order chi connectivity index (χ0) is 12.6. The van der Waals surface area contributed by atoms with Crippen molar-refractivity contribution < 1.29 is 9.90 Å². The molecule has 4 atom stereocenters. The molecule has 1 heterocycles. The van der Waals surface area contributed by atoms with Crippen LogP contribution in [0.5, 0.6) is 0 Å². The van der Waals surface area contributed by atoms with Crippen LogP contribution in [0.2, 0.25) is 0 Å². The van der Waals surface area contributed by atoms with Gasteiger partial charge < -0.3 is 15.7 Å². The maximum Gasteiger partial charge on any atom is 0.404 e. The van der Waals surface area contributed by atoms with Crippen LogP contribution in [0.15, 0.2) is 0 Å². The molecule has 0 bridgehead atoms. The summed E-state index contributed by atoms with van der Waals surface area (Å²) in [6, 6.07) is 0.664. The lowest BCUT2D eigenvalue weighted by Crippen LogP contribution is -2.47. The summed E-state index contributed by atoms with van der Waals surface area (Å²) in [4.78, 5) is 10.8. The van der Waals surface area contributed by atoms with Gasteiger partial charge in [0.25, 0.3) is 0 Å². The molecule has 2 aliphatic rings. The number of rotatable bonds is 1. The number of amides is 1. The van der Waals surface area contributed by atoms with Gasteiger partial charge in [0.05, 0.1) is 0 Å². The first kappa shape index (κ1) is 12.7. The van der Waals surface area contributed by atoms with Gasteiger partial charge >= 0.3 is 6.09 Å². The second-order valence-electron chi connectivity index (χ2n) is 6.57. The van der Waals surface area contributed by atoms with Crippen LogP contribution in [0.25, 0.3) is 0 Å². The van der Waals surface area contributed by atoms with E-state index in [1.54, 1.807) is 0 Å². The van der Waals surface area contributed by atoms with Gasteiger partial charge in [-0.2, -0.15) is 0 Å². The molecule has 1 saturated heterocycles. The summed E-state index contributed by atoms with van der Waals surface area (Å²) in [6.07, 6.45) is 2.49. The molecule has 1 aliphatic carbocycles. The molecular weight excluding hydrogens is 216 g/mol. The maximum absolute atomic E-state index is 10.8. The summed E-state index contributed by atoms with van der Waals surface area (Å²) < 4.78 is 0. The van der Waals surface area contributed by atoms with E-state index >= 15 is 0 Å². The van der Waals surface area contributed by atoms with Crippen molar-refractivity contribution in [3.05, 3.63) is 0 Å². The molecule has 2 rings (SSSR count). The van der Waals surface area contributed by atoms with Gasteiger partial charge in [-0.15, -0.1) is 0 Å². The molecular formula is C13H24N2O2. The maximum atomic E-state index is 10.8. The van der Waals surface area contributed by atoms with E-state index in [0.717, 1.165) is 19.4 Å². The highest BCUT2D eigenvalue weighted by Gasteiger charge is 2.46. The molecule has 1 aliphatic heterocycles. The van der Waals surface area contributed by atoms with E-state index in [1.807, 2.05) is 0 Å². The van der Waals surface area contributed by atoms with Crippen molar-refractivity contribution in [2.24, 2.45) is 17.3 Å². The van der Waals surface area contributed by atoms with Crippen LogP contribution in [0.4, 0.5) is 4.79 Å². The molecule has 98 valence electrons. The van der Waals surface area contributed by atoms with E-state index in [0.29, 0.717) is 17.9 Å². The van der Waals surface area contributed by atoms with Crippen LogP contribution in [-0.4, -0.2) is 29.8 Å². The first-order chi connectivity index (χ1) is 7.89. The average molecular weight is 240 g/mol. The summed E-state index contributed by atoms with van der Waals surface area (Å²) >= 11 is 0. The third-order valence-corrected chi connectivity index (χ3v) is 4.36. The first-order valence-electron chi connectivity index (χ1n) is 6.62. The van der Waals surface area contributed by atoms with Gasteiger partial charge in [-0.25, -0.2) is 4.79 Å². The standard InChI is InChI=1S/C13H24N2O2/c1-13(2,3)11-8-5-4-6-10(15-12(16)17)9(8)7-14-11/h8-11,14-15H,4-7H2,1-3H3,(H,16,17)/t8-,9-,10+,11?/m0/s1. The minimum atomic E-state index is -0.880. The lowest BCUT2D eigenvalue weighted by atomic mass is 9.69. The number of carboxylic acid groups (broad SMARTS) is 1. The fourth-order valence-electron chi connectivity index (χ4n) is 3.71. The summed E-state index contributed by atoms with van der Waals surface area (Å²) in [5.74, 6) is 1.10. The van der Waals surface area contributed by atoms with Gasteiger partial charge in [0.15, 0.2) is 0 Å². The average Bonchev–Trinajstić information content (AvgIpc) is 2.60. The molecule has 2 fully saturated rings. The van der Waals surface area contributed by atoms with E-state index in [1.165, 1.54) is 6.42 Å². The first-order valence-corrected chi connectivity index (χ1v) is 6.62. The molecule has 3 N–H and O–H groups in total. The van der Waals surface area contributed by atoms with Crippen LogP contribution in [-0.2, 0) is 0 Å². The molecule has 1 unspecified atom stereocenters. The van der Waals surface area contributed by atoms with Gasteiger partial charge in [-0.3, -0.25) is 0 Å². The Morgan fingerprint density at radius 2 is 2.00 bits per heavy atom. The van der Waals surface area contributed by atoms with Gasteiger partial charge in [-0.1, -0.05) is 27.2 Å². The van der Waals surface area contributed by atoms with Crippen LogP contribution >= 0.6 is 0 Å². The van der Waals surface area contributed by atoms with E-state index in [4.69, 9.17) is 5.11 Å². The molecule has 4 nitrogen and oxygen atoms in total. The molecule has 0 spiro atoms. The second-order valence-corrected chi connectivity index (χ2v) is 6.57. The second kappa shape index (κ2) is 4.48. The van der Waals surface area contributed by atoms with Gasteiger partial charge in [0, 0.05) is 18.6 Å². The van der Waals surface area contributed by atoms with Crippen molar-refractivity contribution in [3.63, 3.8) is 0 Å². The normalized spacial score (nSPS) is 37.6. The molecule has 17 heavy (non-hydrogen) atoms. The Kier molecular flexibility index (Phi) is 3.34. The highest BCUT2D eigenvalue weighted by molar-refractivity contribution is 5.64. The molecule has 4 heteroatoms. The number of hydrogen-bond acceptors (Lipinski definition) is 2. The van der Waals surface area contributed by atoms with Gasteiger partial charge in [0.2, 0.25) is 0 Å². The van der Waals surface area contributed by atoms with Gasteiger partial charge in [0.1, 0.15) is 0 Å². The van der Waals surface area contributed by atoms with E-state index < -0.39 is 6.09 Å². The summed E-state index contributed by atoms with van der Waals surface area (Å²) in [5.41, 5.74) is 0.254. The van der Waals surface area contributed by atoms with E-state index in [-0.39, 0.29) is 11.5 Å². The minimum Gasteiger partial charge on any atom is -0.465 e. The Hall–Kier alpha value is -0.770. The Bertz CT molecular complexity index is 298. The Morgan fingerprint density at radius 3 is 2.59 bits per heavy atom. The Morgan fingerprint density at radius 1 is 1.29 bits per heavy atom. The van der Waals surface area contributed by atoms with E-state index in [2.05, 4.69) is 31.4 Å². The molecule has 0 aromatic heterocycles. The zero-order valence-corrected chi connectivity index (χ0v) is 11.0. The van der Waals surface area contributed by atoms with Crippen molar-refractivity contribution in [2.75, 3.05) is 6.54 Å². The number of nitrogens with one attached hydrogen (secondary N) is 2. The van der Waals surface area contributed by atoms with Crippen molar-refractivity contribution in [2.45, 2.75) is 52.1 Å². The largest absolute Gasteiger partial charge is 0.465 e. The summed E-state index contributed by atoms with van der Waals surface area (Å²) in [6.45, 7) is 7.75. The van der Waals surface area contributed by atoms with Crippen molar-refractivity contribution in [1.82, 2.24) is 10.6 Å². The fraction of sp³-hybridized carbons (Fsp3) is 0.923. The van der Waals surface area contributed by atoms with Crippen LogP contribution in [0, 0.1) is 17.3 Å². The van der Waals surface area contributed by atoms with Crippen molar-refractivity contribution >= 4 is 6.09 Å². The molecule has 0 aromatic carbocycles. The number of hydrogen-bond donors (Lipinski definition) is 3. The predicted octanol–water partition coefficient (Wildman–Crippen LogP) is 2.06. The monoisotopic (exact) mass is 240 g/mol. The summed E-state index contributed by atoms with van der Waals surface area (Å²) in [5, 5.41) is 15.2. The van der Waals surface area contributed by atoms with Gasteiger partial charge in [-0.05, 0) is 30.1 Å². The molecule has 0 aromatic rings.